The van der Waals surface area contributed by atoms with Gasteiger partial charge in [0.1, 0.15) is 11.4 Å². The van der Waals surface area contributed by atoms with Crippen molar-refractivity contribution >= 4 is 5.97 Å². The Hall–Kier alpha value is -1.59. The molecule has 0 saturated heterocycles. The lowest BCUT2D eigenvalue weighted by molar-refractivity contribution is 0.0684. The van der Waals surface area contributed by atoms with Crippen LogP contribution < -0.4 is 0 Å². The van der Waals surface area contributed by atoms with Gasteiger partial charge in [0.2, 0.25) is 0 Å². The smallest absolute Gasteiger partial charge is 0.341 e. The Bertz CT molecular complexity index is 429. The van der Waals surface area contributed by atoms with Crippen LogP contribution in [0.4, 0.5) is 17.6 Å². The van der Waals surface area contributed by atoms with E-state index in [1.165, 1.54) is 6.92 Å². The fourth-order valence-electron chi connectivity index (χ4n) is 1.18. The zero-order valence-corrected chi connectivity index (χ0v) is 7.57. The van der Waals surface area contributed by atoms with Gasteiger partial charge in [-0.1, -0.05) is 6.92 Å². The average Bonchev–Trinajstić information content (AvgIpc) is 2.15. The van der Waals surface area contributed by atoms with Gasteiger partial charge in [-0.15, -0.1) is 0 Å². The molecule has 1 N–H and O–H groups in total. The number of carboxylic acids is 1. The molecule has 1 aromatic rings. The Morgan fingerprint density at radius 2 is 1.60 bits per heavy atom. The maximum Gasteiger partial charge on any atom is 0.341 e. The molecule has 15 heavy (non-hydrogen) atoms. The van der Waals surface area contributed by atoms with Crippen LogP contribution in [0.5, 0.6) is 0 Å². The van der Waals surface area contributed by atoms with Crippen molar-refractivity contribution in [2.45, 2.75) is 13.3 Å². The van der Waals surface area contributed by atoms with E-state index >= 15 is 0 Å². The van der Waals surface area contributed by atoms with Crippen LogP contribution >= 0.6 is 0 Å². The predicted octanol–water partition coefficient (Wildman–Crippen LogP) is 2.50. The van der Waals surface area contributed by atoms with E-state index in [2.05, 4.69) is 0 Å². The number of hydrogen-bond acceptors (Lipinski definition) is 1. The van der Waals surface area contributed by atoms with Gasteiger partial charge in [-0.2, -0.15) is 0 Å². The van der Waals surface area contributed by atoms with Crippen molar-refractivity contribution in [3.63, 3.8) is 0 Å². The zero-order chi connectivity index (χ0) is 11.7. The molecule has 0 unspecified atom stereocenters. The summed E-state index contributed by atoms with van der Waals surface area (Å²) in [6.07, 6.45) is -0.269. The molecule has 0 spiro atoms. The number of hydrogen-bond donors (Lipinski definition) is 1. The third-order valence-corrected chi connectivity index (χ3v) is 1.92. The predicted molar refractivity (Wildman–Crippen MR) is 42.6 cm³/mol. The van der Waals surface area contributed by atoms with Crippen LogP contribution in [-0.4, -0.2) is 11.1 Å². The van der Waals surface area contributed by atoms with Crippen molar-refractivity contribution in [1.29, 1.82) is 0 Å². The SMILES string of the molecule is CCc1c(F)c(F)c(F)c(C(=O)O)c1F. The minimum atomic E-state index is -2.02. The largest absolute Gasteiger partial charge is 0.477 e. The Morgan fingerprint density at radius 3 is 2.00 bits per heavy atom. The van der Waals surface area contributed by atoms with E-state index in [4.69, 9.17) is 5.11 Å². The summed E-state index contributed by atoms with van der Waals surface area (Å²) >= 11 is 0. The van der Waals surface area contributed by atoms with Gasteiger partial charge in [-0.25, -0.2) is 22.4 Å². The van der Waals surface area contributed by atoms with Crippen LogP contribution in [0.1, 0.15) is 22.8 Å². The second-order valence-electron chi connectivity index (χ2n) is 2.77. The van der Waals surface area contributed by atoms with Crippen LogP contribution in [0.2, 0.25) is 0 Å². The first-order valence-electron chi connectivity index (χ1n) is 3.99. The van der Waals surface area contributed by atoms with E-state index in [1.54, 1.807) is 0 Å². The highest BCUT2D eigenvalue weighted by atomic mass is 19.2. The molecule has 1 rings (SSSR count). The number of rotatable bonds is 2. The molecule has 6 heteroatoms. The molecular weight excluding hydrogens is 216 g/mol. The van der Waals surface area contributed by atoms with Gasteiger partial charge in [-0.05, 0) is 6.42 Å². The minimum Gasteiger partial charge on any atom is -0.477 e. The molecule has 0 saturated carbocycles. The molecule has 0 radical (unpaired) electrons. The summed E-state index contributed by atoms with van der Waals surface area (Å²) in [6, 6.07) is 0. The molecule has 0 amide bonds. The number of carboxylic acid groups (broad SMARTS) is 1. The minimum absolute atomic E-state index is 0.269. The molecule has 0 aliphatic rings. The van der Waals surface area contributed by atoms with Crippen LogP contribution in [-0.2, 0) is 6.42 Å². The summed E-state index contributed by atoms with van der Waals surface area (Å²) in [5.74, 6) is -9.21. The fraction of sp³-hybridized carbons (Fsp3) is 0.222. The lowest BCUT2D eigenvalue weighted by atomic mass is 10.1. The van der Waals surface area contributed by atoms with Gasteiger partial charge < -0.3 is 5.11 Å². The summed E-state index contributed by atoms with van der Waals surface area (Å²) in [5.41, 5.74) is -2.24. The highest BCUT2D eigenvalue weighted by molar-refractivity contribution is 5.88. The second kappa shape index (κ2) is 3.88. The first-order chi connectivity index (χ1) is 6.91. The van der Waals surface area contributed by atoms with E-state index in [-0.39, 0.29) is 6.42 Å². The second-order valence-corrected chi connectivity index (χ2v) is 2.77. The van der Waals surface area contributed by atoms with Gasteiger partial charge in [0.25, 0.3) is 0 Å². The number of halogens is 4. The first-order valence-corrected chi connectivity index (χ1v) is 3.99. The first kappa shape index (κ1) is 11.5. The molecular formula is C9H6F4O2. The standard InChI is InChI=1S/C9H6F4O2/c1-2-3-5(10)4(9(14)15)7(12)8(13)6(3)11/h2H2,1H3,(H,14,15). The Balaban J connectivity index is 3.68. The number of benzene rings is 1. The monoisotopic (exact) mass is 222 g/mol. The normalized spacial score (nSPS) is 10.5. The van der Waals surface area contributed by atoms with E-state index in [0.717, 1.165) is 0 Å². The van der Waals surface area contributed by atoms with Crippen molar-refractivity contribution < 1.29 is 27.5 Å². The highest BCUT2D eigenvalue weighted by Gasteiger charge is 2.27. The van der Waals surface area contributed by atoms with Crippen LogP contribution in [0.3, 0.4) is 0 Å². The molecule has 82 valence electrons. The molecule has 0 fully saturated rings. The highest BCUT2D eigenvalue weighted by Crippen LogP contribution is 2.24. The Labute approximate surface area is 82.1 Å². The Morgan fingerprint density at radius 1 is 1.07 bits per heavy atom. The Kier molecular flexibility index (Phi) is 2.97. The van der Waals surface area contributed by atoms with Gasteiger partial charge in [0, 0.05) is 5.56 Å². The molecule has 1 aromatic carbocycles. The fourth-order valence-corrected chi connectivity index (χ4v) is 1.18. The molecule has 0 bridgehead atoms. The molecule has 0 aliphatic carbocycles. The van der Waals surface area contributed by atoms with E-state index < -0.39 is 40.4 Å². The van der Waals surface area contributed by atoms with Crippen LogP contribution in [0.25, 0.3) is 0 Å². The zero-order valence-electron chi connectivity index (χ0n) is 7.57. The van der Waals surface area contributed by atoms with Gasteiger partial charge in [-0.3, -0.25) is 0 Å². The van der Waals surface area contributed by atoms with Crippen molar-refractivity contribution in [2.75, 3.05) is 0 Å². The summed E-state index contributed by atoms with van der Waals surface area (Å²) < 4.78 is 51.8. The van der Waals surface area contributed by atoms with Gasteiger partial charge in [0.15, 0.2) is 17.5 Å². The summed E-state index contributed by atoms with van der Waals surface area (Å²) in [4.78, 5) is 10.4. The molecule has 0 aromatic heterocycles. The summed E-state index contributed by atoms with van der Waals surface area (Å²) in [7, 11) is 0. The summed E-state index contributed by atoms with van der Waals surface area (Å²) in [5, 5.41) is 8.41. The third-order valence-electron chi connectivity index (χ3n) is 1.92. The molecule has 2 nitrogen and oxygen atoms in total. The van der Waals surface area contributed by atoms with Gasteiger partial charge in [0.05, 0.1) is 0 Å². The molecule has 0 atom stereocenters. The van der Waals surface area contributed by atoms with Crippen LogP contribution in [0, 0.1) is 23.3 Å². The van der Waals surface area contributed by atoms with Crippen molar-refractivity contribution in [3.8, 4) is 0 Å². The maximum absolute atomic E-state index is 13.2. The van der Waals surface area contributed by atoms with Crippen molar-refractivity contribution in [3.05, 3.63) is 34.4 Å². The summed E-state index contributed by atoms with van der Waals surface area (Å²) in [6.45, 7) is 1.30. The van der Waals surface area contributed by atoms with Crippen molar-refractivity contribution in [2.24, 2.45) is 0 Å². The quantitative estimate of drug-likeness (QED) is 0.474. The lowest BCUT2D eigenvalue weighted by Crippen LogP contribution is -2.12. The number of carbonyl (C=O) groups is 1. The maximum atomic E-state index is 13.2. The third kappa shape index (κ3) is 1.67. The van der Waals surface area contributed by atoms with Gasteiger partial charge >= 0.3 is 5.97 Å². The van der Waals surface area contributed by atoms with E-state index in [9.17, 15) is 22.4 Å². The molecule has 0 heterocycles. The van der Waals surface area contributed by atoms with Crippen LogP contribution in [0.15, 0.2) is 0 Å². The lowest BCUT2D eigenvalue weighted by Gasteiger charge is -2.07. The molecule has 0 aliphatic heterocycles. The topological polar surface area (TPSA) is 37.3 Å². The van der Waals surface area contributed by atoms with E-state index in [0.29, 0.717) is 0 Å². The van der Waals surface area contributed by atoms with Crippen molar-refractivity contribution in [1.82, 2.24) is 0 Å². The average molecular weight is 222 g/mol. The van der Waals surface area contributed by atoms with E-state index in [1.807, 2.05) is 0 Å². The number of aromatic carboxylic acids is 1.